The highest BCUT2D eigenvalue weighted by Gasteiger charge is 2.35. The Morgan fingerprint density at radius 1 is 0.941 bits per heavy atom. The second-order valence-electron chi connectivity index (χ2n) is 6.84. The van der Waals surface area contributed by atoms with Gasteiger partial charge in [-0.2, -0.15) is 0 Å². The van der Waals surface area contributed by atoms with Gasteiger partial charge in [0, 0.05) is 12.5 Å². The molecule has 3 heteroatoms. The molecule has 0 aromatic carbocycles. The lowest BCUT2D eigenvalue weighted by molar-refractivity contribution is 0.208. The van der Waals surface area contributed by atoms with Crippen molar-refractivity contribution in [1.82, 2.24) is 0 Å². The number of hydrogen-bond donors (Lipinski definition) is 0. The number of allylic oxidation sites excluding steroid dienone is 1. The van der Waals surface area contributed by atoms with Crippen LogP contribution in [0.1, 0.15) is 41.5 Å². The molecule has 0 heterocycles. The third kappa shape index (κ3) is 7.61. The van der Waals surface area contributed by atoms with Gasteiger partial charge < -0.3 is 9.16 Å². The Hall–Kier alpha value is -0.283. The minimum absolute atomic E-state index is 0.0920. The lowest BCUT2D eigenvalue weighted by atomic mass is 9.95. The van der Waals surface area contributed by atoms with Gasteiger partial charge in [-0.1, -0.05) is 48.1 Å². The molecule has 0 spiro atoms. The van der Waals surface area contributed by atoms with Gasteiger partial charge in [0.1, 0.15) is 0 Å². The normalized spacial score (nSPS) is 12.6. The summed E-state index contributed by atoms with van der Waals surface area (Å²) in [4.78, 5) is 0. The van der Waals surface area contributed by atoms with Gasteiger partial charge in [-0.15, -0.1) is 0 Å². The fraction of sp³-hybridized carbons (Fsp3) is 0.857. The van der Waals surface area contributed by atoms with E-state index in [4.69, 9.17) is 9.16 Å². The minimum Gasteiger partial charge on any atom is -0.501 e. The maximum Gasteiger partial charge on any atom is 0.191 e. The third-order valence-corrected chi connectivity index (χ3v) is 8.03. The van der Waals surface area contributed by atoms with Crippen molar-refractivity contribution in [3.05, 3.63) is 12.3 Å². The molecule has 0 aliphatic heterocycles. The molecule has 0 rings (SSSR count). The molecule has 104 valence electrons. The summed E-state index contributed by atoms with van der Waals surface area (Å²) in [5, 5.41) is 0.363. The smallest absolute Gasteiger partial charge is 0.191 e. The summed E-state index contributed by atoms with van der Waals surface area (Å²) in [5.41, 5.74) is 0.0920. The van der Waals surface area contributed by atoms with Crippen LogP contribution in [0, 0.1) is 5.41 Å². The van der Waals surface area contributed by atoms with Gasteiger partial charge in [-0.05, 0) is 18.1 Å². The predicted octanol–water partition coefficient (Wildman–Crippen LogP) is 4.83. The van der Waals surface area contributed by atoms with Gasteiger partial charge in [0.05, 0.1) is 12.9 Å². The lowest BCUT2D eigenvalue weighted by Gasteiger charge is -2.34. The zero-order valence-corrected chi connectivity index (χ0v) is 14.5. The standard InChI is InChI=1S/C7H18OSi.C7H14O/c1-7(2,3)9(5,6)8-4;1-6(8-5)7(2,3)4/h1-6H3;1H2,2-5H3. The Balaban J connectivity index is 0. The fourth-order valence-electron chi connectivity index (χ4n) is 0.612. The summed E-state index contributed by atoms with van der Waals surface area (Å²) in [6.45, 7) is 21.1. The van der Waals surface area contributed by atoms with E-state index < -0.39 is 8.32 Å². The van der Waals surface area contributed by atoms with Crippen LogP contribution in [0.3, 0.4) is 0 Å². The van der Waals surface area contributed by atoms with E-state index in [9.17, 15) is 0 Å². The van der Waals surface area contributed by atoms with Crippen molar-refractivity contribution in [3.8, 4) is 0 Å². The van der Waals surface area contributed by atoms with Gasteiger partial charge in [0.2, 0.25) is 0 Å². The molecule has 0 N–H and O–H groups in total. The average Bonchev–Trinajstić information content (AvgIpc) is 2.14. The maximum atomic E-state index is 5.44. The van der Waals surface area contributed by atoms with E-state index >= 15 is 0 Å². The molecule has 0 saturated carbocycles. The second kappa shape index (κ2) is 6.60. The quantitative estimate of drug-likeness (QED) is 0.523. The van der Waals surface area contributed by atoms with Gasteiger partial charge in [0.25, 0.3) is 0 Å². The van der Waals surface area contributed by atoms with Crippen LogP contribution in [0.4, 0.5) is 0 Å². The highest BCUT2D eigenvalue weighted by atomic mass is 28.4. The predicted molar refractivity (Wildman–Crippen MR) is 79.8 cm³/mol. The summed E-state index contributed by atoms with van der Waals surface area (Å²) in [6.07, 6.45) is 0. The average molecular weight is 260 g/mol. The van der Waals surface area contributed by atoms with Crippen LogP contribution in [0.25, 0.3) is 0 Å². The number of hydrogen-bond acceptors (Lipinski definition) is 2. The number of rotatable bonds is 2. The second-order valence-corrected chi connectivity index (χ2v) is 11.8. The Bertz CT molecular complexity index is 232. The highest BCUT2D eigenvalue weighted by molar-refractivity contribution is 6.74. The molecule has 0 bridgehead atoms. The molecule has 0 radical (unpaired) electrons. The summed E-state index contributed by atoms with van der Waals surface area (Å²) in [5.74, 6) is 0.831. The fourth-order valence-corrected chi connectivity index (χ4v) is 1.22. The maximum absolute atomic E-state index is 5.44. The van der Waals surface area contributed by atoms with Crippen LogP contribution in [0.2, 0.25) is 18.1 Å². The summed E-state index contributed by atoms with van der Waals surface area (Å²) >= 11 is 0. The molecule has 0 fully saturated rings. The lowest BCUT2D eigenvalue weighted by Crippen LogP contribution is -2.39. The summed E-state index contributed by atoms with van der Waals surface area (Å²) in [6, 6.07) is 0. The molecule has 0 atom stereocenters. The molecular formula is C14H32O2Si. The molecule has 0 aromatic rings. The molecule has 0 aliphatic carbocycles. The summed E-state index contributed by atoms with van der Waals surface area (Å²) in [7, 11) is 2.08. The minimum atomic E-state index is -1.38. The Morgan fingerprint density at radius 3 is 1.29 bits per heavy atom. The molecular weight excluding hydrogens is 228 g/mol. The zero-order valence-electron chi connectivity index (χ0n) is 13.5. The van der Waals surface area contributed by atoms with E-state index in [1.165, 1.54) is 0 Å². The van der Waals surface area contributed by atoms with Gasteiger partial charge in [-0.25, -0.2) is 0 Å². The monoisotopic (exact) mass is 260 g/mol. The van der Waals surface area contributed by atoms with Crippen LogP contribution in [-0.2, 0) is 9.16 Å². The van der Waals surface area contributed by atoms with E-state index in [-0.39, 0.29) is 5.41 Å². The van der Waals surface area contributed by atoms with Crippen molar-refractivity contribution < 1.29 is 9.16 Å². The van der Waals surface area contributed by atoms with Crippen LogP contribution in [0.5, 0.6) is 0 Å². The van der Waals surface area contributed by atoms with Gasteiger partial charge >= 0.3 is 0 Å². The third-order valence-electron chi connectivity index (χ3n) is 3.40. The van der Waals surface area contributed by atoms with Crippen molar-refractivity contribution >= 4 is 8.32 Å². The van der Waals surface area contributed by atoms with E-state index in [1.807, 2.05) is 7.11 Å². The molecule has 0 saturated heterocycles. The number of methoxy groups -OCH3 is 1. The van der Waals surface area contributed by atoms with Crippen LogP contribution < -0.4 is 0 Å². The van der Waals surface area contributed by atoms with Crippen molar-refractivity contribution in [2.24, 2.45) is 5.41 Å². The SMILES string of the molecule is C=C(OC)C(C)(C)C.CO[Si](C)(C)C(C)(C)C. The Morgan fingerprint density at radius 2 is 1.29 bits per heavy atom. The largest absolute Gasteiger partial charge is 0.501 e. The van der Waals surface area contributed by atoms with Crippen molar-refractivity contribution in [1.29, 1.82) is 0 Å². The van der Waals surface area contributed by atoms with Crippen molar-refractivity contribution in [2.45, 2.75) is 59.7 Å². The first-order valence-electron chi connectivity index (χ1n) is 6.08. The molecule has 0 unspecified atom stereocenters. The first kappa shape index (κ1) is 19.1. The molecule has 17 heavy (non-hydrogen) atoms. The highest BCUT2D eigenvalue weighted by Crippen LogP contribution is 2.35. The number of ether oxygens (including phenoxy) is 1. The van der Waals surface area contributed by atoms with Crippen LogP contribution in [0.15, 0.2) is 12.3 Å². The first-order valence-corrected chi connectivity index (χ1v) is 8.99. The first-order chi connectivity index (χ1) is 7.29. The van der Waals surface area contributed by atoms with E-state index in [0.29, 0.717) is 5.04 Å². The van der Waals surface area contributed by atoms with Crippen LogP contribution >= 0.6 is 0 Å². The molecule has 0 aliphatic rings. The van der Waals surface area contributed by atoms with E-state index in [0.717, 1.165) is 5.76 Å². The summed E-state index contributed by atoms with van der Waals surface area (Å²) < 4.78 is 10.4. The molecule has 2 nitrogen and oxygen atoms in total. The topological polar surface area (TPSA) is 18.5 Å². The Labute approximate surface area is 110 Å². The van der Waals surface area contributed by atoms with Crippen molar-refractivity contribution in [2.75, 3.05) is 14.2 Å². The van der Waals surface area contributed by atoms with E-state index in [1.54, 1.807) is 7.11 Å². The van der Waals surface area contributed by atoms with Gasteiger partial charge in [-0.3, -0.25) is 0 Å². The van der Waals surface area contributed by atoms with Gasteiger partial charge in [0.15, 0.2) is 8.32 Å². The van der Waals surface area contributed by atoms with E-state index in [2.05, 4.69) is 61.2 Å². The zero-order chi connectivity index (χ0) is 14.5. The molecule has 0 aromatic heterocycles. The van der Waals surface area contributed by atoms with Crippen molar-refractivity contribution in [3.63, 3.8) is 0 Å². The van der Waals surface area contributed by atoms with Crippen LogP contribution in [-0.4, -0.2) is 22.5 Å². The Kier molecular flexibility index (Phi) is 7.40. The molecule has 0 amide bonds.